The lowest BCUT2D eigenvalue weighted by Crippen LogP contribution is -2.58. The first-order chi connectivity index (χ1) is 8.81. The molecule has 3 nitrogen and oxygen atoms in total. The van der Waals surface area contributed by atoms with Gasteiger partial charge >= 0.3 is 0 Å². The Morgan fingerprint density at radius 1 is 1.26 bits per heavy atom. The molecule has 2 amide bonds. The molecule has 0 bridgehead atoms. The SMILES string of the molecule is CCC1C(=O)NC(=O)CC12CCCCC2C(C)(C)C. The van der Waals surface area contributed by atoms with E-state index >= 15 is 0 Å². The number of carbonyl (C=O) groups excluding carboxylic acids is 2. The van der Waals surface area contributed by atoms with E-state index in [2.05, 4.69) is 33.0 Å². The molecule has 1 N–H and O–H groups in total. The molecule has 108 valence electrons. The number of piperidine rings is 1. The second-order valence-electron chi connectivity index (χ2n) is 7.45. The van der Waals surface area contributed by atoms with Gasteiger partial charge in [0.15, 0.2) is 0 Å². The van der Waals surface area contributed by atoms with Crippen molar-refractivity contribution in [3.8, 4) is 0 Å². The van der Waals surface area contributed by atoms with E-state index in [1.165, 1.54) is 6.42 Å². The molecule has 19 heavy (non-hydrogen) atoms. The lowest BCUT2D eigenvalue weighted by Gasteiger charge is -2.54. The standard InChI is InChI=1S/C16H27NO2/c1-5-11-14(19)17-13(18)10-16(11)9-7-6-8-12(16)15(2,3)4/h11-12H,5-10H2,1-4H3,(H,17,18,19). The summed E-state index contributed by atoms with van der Waals surface area (Å²) in [5.74, 6) is 0.379. The summed E-state index contributed by atoms with van der Waals surface area (Å²) in [6.07, 6.45) is 5.96. The fourth-order valence-corrected chi connectivity index (χ4v) is 4.73. The maximum Gasteiger partial charge on any atom is 0.230 e. The van der Waals surface area contributed by atoms with E-state index < -0.39 is 0 Å². The Morgan fingerprint density at radius 3 is 2.53 bits per heavy atom. The van der Waals surface area contributed by atoms with E-state index in [0.29, 0.717) is 12.3 Å². The molecule has 2 aliphatic rings. The van der Waals surface area contributed by atoms with E-state index in [1.54, 1.807) is 0 Å². The molecular formula is C16H27NO2. The number of hydrogen-bond donors (Lipinski definition) is 1. The summed E-state index contributed by atoms with van der Waals surface area (Å²) in [5.41, 5.74) is 0.0659. The highest BCUT2D eigenvalue weighted by molar-refractivity contribution is 5.99. The monoisotopic (exact) mass is 265 g/mol. The summed E-state index contributed by atoms with van der Waals surface area (Å²) in [6.45, 7) is 8.85. The summed E-state index contributed by atoms with van der Waals surface area (Å²) in [7, 11) is 0. The van der Waals surface area contributed by atoms with Gasteiger partial charge in [0.05, 0.1) is 0 Å². The molecular weight excluding hydrogens is 238 g/mol. The van der Waals surface area contributed by atoms with Gasteiger partial charge in [0, 0.05) is 12.3 Å². The Kier molecular flexibility index (Phi) is 3.76. The highest BCUT2D eigenvalue weighted by Crippen LogP contribution is 2.57. The van der Waals surface area contributed by atoms with Crippen molar-refractivity contribution >= 4 is 11.8 Å². The third-order valence-corrected chi connectivity index (χ3v) is 5.30. The first kappa shape index (κ1) is 14.5. The van der Waals surface area contributed by atoms with E-state index in [1.807, 2.05) is 0 Å². The van der Waals surface area contributed by atoms with Crippen LogP contribution in [0.15, 0.2) is 0 Å². The van der Waals surface area contributed by atoms with Crippen molar-refractivity contribution in [2.24, 2.45) is 22.7 Å². The van der Waals surface area contributed by atoms with Gasteiger partial charge < -0.3 is 0 Å². The van der Waals surface area contributed by atoms with Crippen LogP contribution in [0.25, 0.3) is 0 Å². The second-order valence-corrected chi connectivity index (χ2v) is 7.45. The molecule has 1 saturated heterocycles. The molecule has 3 atom stereocenters. The summed E-state index contributed by atoms with van der Waals surface area (Å²) in [5, 5.41) is 2.55. The fraction of sp³-hybridized carbons (Fsp3) is 0.875. The van der Waals surface area contributed by atoms with Gasteiger partial charge in [-0.05, 0) is 36.0 Å². The third kappa shape index (κ3) is 2.44. The minimum atomic E-state index is -0.0926. The number of nitrogens with one attached hydrogen (secondary N) is 1. The van der Waals surface area contributed by atoms with Crippen LogP contribution in [-0.4, -0.2) is 11.8 Å². The third-order valence-electron chi connectivity index (χ3n) is 5.30. The van der Waals surface area contributed by atoms with Gasteiger partial charge in [-0.15, -0.1) is 0 Å². The zero-order valence-electron chi connectivity index (χ0n) is 12.7. The molecule has 3 heteroatoms. The maximum absolute atomic E-state index is 12.2. The highest BCUT2D eigenvalue weighted by atomic mass is 16.2. The zero-order chi connectivity index (χ0) is 14.3. The number of imide groups is 1. The molecule has 0 aromatic heterocycles. The van der Waals surface area contributed by atoms with Crippen LogP contribution in [0.1, 0.15) is 66.2 Å². The van der Waals surface area contributed by atoms with Crippen LogP contribution >= 0.6 is 0 Å². The van der Waals surface area contributed by atoms with Crippen LogP contribution < -0.4 is 5.32 Å². The van der Waals surface area contributed by atoms with Crippen LogP contribution in [-0.2, 0) is 9.59 Å². The first-order valence-electron chi connectivity index (χ1n) is 7.65. The molecule has 0 radical (unpaired) electrons. The minimum absolute atomic E-state index is 0.00900. The predicted octanol–water partition coefficient (Wildman–Crippen LogP) is 3.28. The molecule has 1 aliphatic heterocycles. The Hall–Kier alpha value is -0.860. The molecule has 1 spiro atoms. The summed E-state index contributed by atoms with van der Waals surface area (Å²) in [6, 6.07) is 0. The Balaban J connectivity index is 2.44. The smallest absolute Gasteiger partial charge is 0.230 e. The van der Waals surface area contributed by atoms with Crippen LogP contribution in [0.3, 0.4) is 0 Å². The van der Waals surface area contributed by atoms with Crippen molar-refractivity contribution < 1.29 is 9.59 Å². The number of carbonyl (C=O) groups is 2. The number of hydrogen-bond acceptors (Lipinski definition) is 2. The fourth-order valence-electron chi connectivity index (χ4n) is 4.73. The topological polar surface area (TPSA) is 46.2 Å². The highest BCUT2D eigenvalue weighted by Gasteiger charge is 2.55. The largest absolute Gasteiger partial charge is 0.296 e. The van der Waals surface area contributed by atoms with E-state index in [-0.39, 0.29) is 28.6 Å². The van der Waals surface area contributed by atoms with Crippen LogP contribution in [0.5, 0.6) is 0 Å². The van der Waals surface area contributed by atoms with Crippen molar-refractivity contribution in [3.05, 3.63) is 0 Å². The zero-order valence-corrected chi connectivity index (χ0v) is 12.7. The molecule has 1 saturated carbocycles. The van der Waals surface area contributed by atoms with Crippen molar-refractivity contribution in [2.45, 2.75) is 66.2 Å². The molecule has 2 rings (SSSR count). The number of rotatable bonds is 1. The Labute approximate surface area is 116 Å². The predicted molar refractivity (Wildman–Crippen MR) is 75.4 cm³/mol. The molecule has 0 aromatic carbocycles. The van der Waals surface area contributed by atoms with Crippen molar-refractivity contribution in [3.63, 3.8) is 0 Å². The van der Waals surface area contributed by atoms with Gasteiger partial charge in [0.2, 0.25) is 11.8 Å². The van der Waals surface area contributed by atoms with Crippen LogP contribution in [0, 0.1) is 22.7 Å². The summed E-state index contributed by atoms with van der Waals surface area (Å²) < 4.78 is 0. The van der Waals surface area contributed by atoms with Gasteiger partial charge in [0.1, 0.15) is 0 Å². The first-order valence-corrected chi connectivity index (χ1v) is 7.65. The van der Waals surface area contributed by atoms with Gasteiger partial charge in [0.25, 0.3) is 0 Å². The molecule has 0 aromatic rings. The lowest BCUT2D eigenvalue weighted by atomic mass is 9.50. The second kappa shape index (κ2) is 4.92. The number of amides is 2. The van der Waals surface area contributed by atoms with Gasteiger partial charge in [-0.2, -0.15) is 0 Å². The van der Waals surface area contributed by atoms with Crippen molar-refractivity contribution in [2.75, 3.05) is 0 Å². The normalized spacial score (nSPS) is 36.4. The van der Waals surface area contributed by atoms with E-state index in [4.69, 9.17) is 0 Å². The van der Waals surface area contributed by atoms with Gasteiger partial charge in [-0.3, -0.25) is 14.9 Å². The molecule has 1 heterocycles. The average molecular weight is 265 g/mol. The van der Waals surface area contributed by atoms with Crippen molar-refractivity contribution in [1.82, 2.24) is 5.32 Å². The van der Waals surface area contributed by atoms with Crippen LogP contribution in [0.2, 0.25) is 0 Å². The quantitative estimate of drug-likeness (QED) is 0.740. The minimum Gasteiger partial charge on any atom is -0.296 e. The van der Waals surface area contributed by atoms with E-state index in [9.17, 15) is 9.59 Å². The summed E-state index contributed by atoms with van der Waals surface area (Å²) in [4.78, 5) is 24.2. The molecule has 2 fully saturated rings. The Morgan fingerprint density at radius 2 is 1.95 bits per heavy atom. The van der Waals surface area contributed by atoms with Crippen molar-refractivity contribution in [1.29, 1.82) is 0 Å². The lowest BCUT2D eigenvalue weighted by molar-refractivity contribution is -0.153. The maximum atomic E-state index is 12.2. The molecule has 3 unspecified atom stereocenters. The summed E-state index contributed by atoms with van der Waals surface area (Å²) >= 11 is 0. The molecule has 1 aliphatic carbocycles. The van der Waals surface area contributed by atoms with Crippen LogP contribution in [0.4, 0.5) is 0 Å². The Bertz CT molecular complexity index is 383. The van der Waals surface area contributed by atoms with Gasteiger partial charge in [-0.25, -0.2) is 0 Å². The average Bonchev–Trinajstić information content (AvgIpc) is 2.27. The van der Waals surface area contributed by atoms with Gasteiger partial charge in [-0.1, -0.05) is 40.5 Å². The van der Waals surface area contributed by atoms with E-state index in [0.717, 1.165) is 25.7 Å².